The number of aromatic nitrogens is 2. The molecular weight excluding hydrogens is 411 g/mol. The van der Waals surface area contributed by atoms with Crippen molar-refractivity contribution in [2.75, 3.05) is 11.3 Å². The van der Waals surface area contributed by atoms with E-state index in [0.29, 0.717) is 42.4 Å². The number of hydrogen-bond donors (Lipinski definition) is 2. The molecule has 1 aromatic heterocycles. The summed E-state index contributed by atoms with van der Waals surface area (Å²) in [6.45, 7) is 3.66. The van der Waals surface area contributed by atoms with Crippen molar-refractivity contribution >= 4 is 21.6 Å². The number of carbonyl (C=O) groups excluding carboxylic acids is 1. The van der Waals surface area contributed by atoms with Gasteiger partial charge in [0.05, 0.1) is 4.90 Å². The number of benzene rings is 2. The molecule has 0 spiro atoms. The summed E-state index contributed by atoms with van der Waals surface area (Å²) in [7, 11) is -3.87. The average Bonchev–Trinajstić information content (AvgIpc) is 3.12. The molecule has 10 heteroatoms. The van der Waals surface area contributed by atoms with E-state index in [2.05, 4.69) is 20.2 Å². The highest BCUT2D eigenvalue weighted by molar-refractivity contribution is 7.92. The van der Waals surface area contributed by atoms with E-state index in [-0.39, 0.29) is 16.4 Å². The molecule has 0 atom stereocenters. The maximum Gasteiger partial charge on any atom is 0.261 e. The highest BCUT2D eigenvalue weighted by Gasteiger charge is 2.16. The number of hydrogen-bond acceptors (Lipinski definition) is 6. The normalized spacial score (nSPS) is 11.3. The molecule has 0 saturated heterocycles. The van der Waals surface area contributed by atoms with Gasteiger partial charge in [0.2, 0.25) is 5.89 Å². The second-order valence-corrected chi connectivity index (χ2v) is 8.37. The number of anilines is 1. The molecule has 3 rings (SSSR count). The number of halogens is 1. The first-order chi connectivity index (χ1) is 14.2. The molecule has 30 heavy (non-hydrogen) atoms. The van der Waals surface area contributed by atoms with Gasteiger partial charge >= 0.3 is 0 Å². The van der Waals surface area contributed by atoms with Crippen LogP contribution in [-0.4, -0.2) is 31.0 Å². The second kappa shape index (κ2) is 9.04. The third-order valence-corrected chi connectivity index (χ3v) is 5.64. The molecule has 0 aliphatic rings. The van der Waals surface area contributed by atoms with Crippen LogP contribution in [0.3, 0.4) is 0 Å². The first-order valence-corrected chi connectivity index (χ1v) is 10.7. The molecule has 2 N–H and O–H groups in total. The van der Waals surface area contributed by atoms with E-state index in [1.165, 1.54) is 43.3 Å². The van der Waals surface area contributed by atoms with Gasteiger partial charge in [0, 0.05) is 24.2 Å². The van der Waals surface area contributed by atoms with Crippen molar-refractivity contribution in [3.63, 3.8) is 0 Å². The van der Waals surface area contributed by atoms with Crippen molar-refractivity contribution < 1.29 is 22.1 Å². The van der Waals surface area contributed by atoms with Crippen LogP contribution < -0.4 is 10.0 Å². The lowest BCUT2D eigenvalue weighted by molar-refractivity contribution is 0.0953. The molecule has 1 heterocycles. The maximum absolute atomic E-state index is 13.4. The summed E-state index contributed by atoms with van der Waals surface area (Å²) in [5, 5.41) is 6.48. The minimum absolute atomic E-state index is 0.0420. The average molecular weight is 432 g/mol. The summed E-state index contributed by atoms with van der Waals surface area (Å²) < 4.78 is 45.7. The molecule has 0 bridgehead atoms. The van der Waals surface area contributed by atoms with Crippen molar-refractivity contribution in [2.24, 2.45) is 0 Å². The van der Waals surface area contributed by atoms with Gasteiger partial charge in [-0.3, -0.25) is 9.52 Å². The Balaban J connectivity index is 1.54. The molecule has 0 fully saturated rings. The van der Waals surface area contributed by atoms with Crippen molar-refractivity contribution in [1.29, 1.82) is 0 Å². The first kappa shape index (κ1) is 21.4. The number of rotatable bonds is 8. The molecule has 0 unspecified atom stereocenters. The van der Waals surface area contributed by atoms with Crippen molar-refractivity contribution in [1.82, 2.24) is 15.5 Å². The molecule has 2 aromatic carbocycles. The Morgan fingerprint density at radius 2 is 1.87 bits per heavy atom. The highest BCUT2D eigenvalue weighted by atomic mass is 32.2. The largest absolute Gasteiger partial charge is 0.352 e. The van der Waals surface area contributed by atoms with Crippen molar-refractivity contribution in [3.8, 4) is 0 Å². The number of sulfonamides is 1. The smallest absolute Gasteiger partial charge is 0.261 e. The van der Waals surface area contributed by atoms with E-state index in [0.717, 1.165) is 6.07 Å². The Labute approximate surface area is 173 Å². The van der Waals surface area contributed by atoms with E-state index >= 15 is 0 Å². The Hall–Kier alpha value is -3.27. The zero-order valence-electron chi connectivity index (χ0n) is 16.5. The number of nitrogens with zero attached hydrogens (tertiary/aromatic N) is 2. The Kier molecular flexibility index (Phi) is 6.46. The number of carbonyl (C=O) groups is 1. The number of aryl methyl sites for hydroxylation is 3. The van der Waals surface area contributed by atoms with Crippen LogP contribution in [0.4, 0.5) is 10.1 Å². The van der Waals surface area contributed by atoms with Crippen LogP contribution in [0.15, 0.2) is 51.9 Å². The monoisotopic (exact) mass is 432 g/mol. The topological polar surface area (TPSA) is 114 Å². The van der Waals surface area contributed by atoms with E-state index < -0.39 is 15.8 Å². The predicted molar refractivity (Wildman–Crippen MR) is 108 cm³/mol. The van der Waals surface area contributed by atoms with Crippen LogP contribution in [0.2, 0.25) is 0 Å². The fourth-order valence-electron chi connectivity index (χ4n) is 2.67. The van der Waals surface area contributed by atoms with Gasteiger partial charge in [-0.2, -0.15) is 4.98 Å². The minimum Gasteiger partial charge on any atom is -0.352 e. The molecular formula is C20H21FN4O4S. The van der Waals surface area contributed by atoms with E-state index in [1.54, 1.807) is 6.92 Å². The molecule has 0 aliphatic carbocycles. The second-order valence-electron chi connectivity index (χ2n) is 6.69. The molecule has 1 amide bonds. The molecule has 0 saturated carbocycles. The van der Waals surface area contributed by atoms with Crippen LogP contribution in [0.25, 0.3) is 0 Å². The van der Waals surface area contributed by atoms with Crippen LogP contribution in [0, 0.1) is 19.7 Å². The number of nitrogens with one attached hydrogen (secondary N) is 2. The third-order valence-electron chi connectivity index (χ3n) is 4.26. The quantitative estimate of drug-likeness (QED) is 0.529. The lowest BCUT2D eigenvalue weighted by Gasteiger charge is -2.10. The summed E-state index contributed by atoms with van der Waals surface area (Å²) in [5.74, 6) is 0.339. The van der Waals surface area contributed by atoms with E-state index in [9.17, 15) is 17.6 Å². The zero-order chi connectivity index (χ0) is 21.7. The van der Waals surface area contributed by atoms with Crippen molar-refractivity contribution in [2.45, 2.75) is 31.6 Å². The summed E-state index contributed by atoms with van der Waals surface area (Å²) >= 11 is 0. The fourth-order valence-corrected chi connectivity index (χ4v) is 3.82. The minimum atomic E-state index is -3.87. The van der Waals surface area contributed by atoms with E-state index in [1.807, 2.05) is 0 Å². The van der Waals surface area contributed by atoms with Gasteiger partial charge in [-0.15, -0.1) is 0 Å². The Morgan fingerprint density at radius 3 is 2.50 bits per heavy atom. The van der Waals surface area contributed by atoms with Gasteiger partial charge < -0.3 is 9.84 Å². The molecule has 0 radical (unpaired) electrons. The summed E-state index contributed by atoms with van der Waals surface area (Å²) in [6.07, 6.45) is 1.20. The van der Waals surface area contributed by atoms with Gasteiger partial charge in [0.1, 0.15) is 5.82 Å². The van der Waals surface area contributed by atoms with Gasteiger partial charge in [-0.1, -0.05) is 5.16 Å². The summed E-state index contributed by atoms with van der Waals surface area (Å²) in [5.41, 5.74) is 0.920. The van der Waals surface area contributed by atoms with E-state index in [4.69, 9.17) is 4.52 Å². The van der Waals surface area contributed by atoms with Gasteiger partial charge in [-0.25, -0.2) is 12.8 Å². The SMILES string of the molecule is Cc1noc(CCCNC(=O)c2ccc(NS(=O)(=O)c3ccc(F)c(C)c3)cc2)n1. The maximum atomic E-state index is 13.4. The lowest BCUT2D eigenvalue weighted by atomic mass is 10.2. The predicted octanol–water partition coefficient (Wildman–Crippen LogP) is 2.99. The molecule has 158 valence electrons. The van der Waals surface area contributed by atoms with Crippen LogP contribution >= 0.6 is 0 Å². The van der Waals surface area contributed by atoms with Gasteiger partial charge in [0.15, 0.2) is 5.82 Å². The lowest BCUT2D eigenvalue weighted by Crippen LogP contribution is -2.24. The first-order valence-electron chi connectivity index (χ1n) is 9.21. The highest BCUT2D eigenvalue weighted by Crippen LogP contribution is 2.19. The van der Waals surface area contributed by atoms with Crippen molar-refractivity contribution in [3.05, 3.63) is 71.1 Å². The third kappa shape index (κ3) is 5.41. The zero-order valence-corrected chi connectivity index (χ0v) is 17.3. The fraction of sp³-hybridized carbons (Fsp3) is 0.250. The summed E-state index contributed by atoms with van der Waals surface area (Å²) in [4.78, 5) is 16.3. The number of amides is 1. The van der Waals surface area contributed by atoms with Crippen LogP contribution in [-0.2, 0) is 16.4 Å². The van der Waals surface area contributed by atoms with Gasteiger partial charge in [-0.05, 0) is 68.3 Å². The molecule has 3 aromatic rings. The Bertz CT molecular complexity index is 1140. The summed E-state index contributed by atoms with van der Waals surface area (Å²) in [6, 6.07) is 9.58. The molecule has 0 aliphatic heterocycles. The van der Waals surface area contributed by atoms with Crippen LogP contribution in [0.5, 0.6) is 0 Å². The standard InChI is InChI=1S/C20H21FN4O4S/c1-13-12-17(9-10-18(13)21)30(27,28)25-16-7-5-15(6-8-16)20(26)22-11-3-4-19-23-14(2)24-29-19/h5-10,12,25H,3-4,11H2,1-2H3,(H,22,26). The Morgan fingerprint density at radius 1 is 1.13 bits per heavy atom. The van der Waals surface area contributed by atoms with Crippen LogP contribution in [0.1, 0.15) is 34.1 Å². The molecule has 8 nitrogen and oxygen atoms in total. The van der Waals surface area contributed by atoms with Gasteiger partial charge in [0.25, 0.3) is 15.9 Å².